The molecular formula is C17H20N4O4. The van der Waals surface area contributed by atoms with Gasteiger partial charge in [-0.1, -0.05) is 0 Å². The number of methoxy groups -OCH3 is 2. The van der Waals surface area contributed by atoms with Gasteiger partial charge in [-0.3, -0.25) is 9.59 Å². The summed E-state index contributed by atoms with van der Waals surface area (Å²) in [5.41, 5.74) is 1.99. The van der Waals surface area contributed by atoms with E-state index in [1.165, 1.54) is 14.2 Å². The van der Waals surface area contributed by atoms with Crippen molar-refractivity contribution in [1.82, 2.24) is 9.97 Å². The highest BCUT2D eigenvalue weighted by Crippen LogP contribution is 2.28. The Morgan fingerprint density at radius 3 is 2.48 bits per heavy atom. The van der Waals surface area contributed by atoms with Gasteiger partial charge in [-0.2, -0.15) is 0 Å². The van der Waals surface area contributed by atoms with E-state index in [0.717, 1.165) is 0 Å². The van der Waals surface area contributed by atoms with Crippen LogP contribution in [0.15, 0.2) is 24.3 Å². The van der Waals surface area contributed by atoms with Crippen molar-refractivity contribution in [3.8, 4) is 5.75 Å². The summed E-state index contributed by atoms with van der Waals surface area (Å²) in [7, 11) is 2.91. The van der Waals surface area contributed by atoms with Gasteiger partial charge in [-0.05, 0) is 32.0 Å². The molecule has 2 N–H and O–H groups in total. The number of carbonyl (C=O) groups excluding carboxylic acids is 2. The molecule has 1 aromatic heterocycles. The normalized spacial score (nSPS) is 10.2. The van der Waals surface area contributed by atoms with E-state index >= 15 is 0 Å². The van der Waals surface area contributed by atoms with Crippen molar-refractivity contribution >= 4 is 23.2 Å². The molecule has 0 bridgehead atoms. The number of nitrogens with one attached hydrogen (secondary N) is 2. The lowest BCUT2D eigenvalue weighted by molar-refractivity contribution is -0.119. The Labute approximate surface area is 145 Å². The van der Waals surface area contributed by atoms with Crippen LogP contribution in [0.4, 0.5) is 11.4 Å². The van der Waals surface area contributed by atoms with E-state index in [2.05, 4.69) is 20.6 Å². The molecule has 0 aliphatic rings. The largest absolute Gasteiger partial charge is 0.494 e. The van der Waals surface area contributed by atoms with Gasteiger partial charge in [0.1, 0.15) is 23.9 Å². The van der Waals surface area contributed by atoms with Crippen LogP contribution in [0.5, 0.6) is 5.75 Å². The van der Waals surface area contributed by atoms with Crippen LogP contribution in [0.3, 0.4) is 0 Å². The lowest BCUT2D eigenvalue weighted by atomic mass is 10.2. The monoisotopic (exact) mass is 344 g/mol. The maximum absolute atomic E-state index is 12.3. The highest BCUT2D eigenvalue weighted by Gasteiger charge is 2.12. The number of hydrogen-bond donors (Lipinski definition) is 2. The third-order valence-electron chi connectivity index (χ3n) is 3.21. The van der Waals surface area contributed by atoms with E-state index in [4.69, 9.17) is 9.47 Å². The molecule has 8 nitrogen and oxygen atoms in total. The number of rotatable bonds is 6. The van der Waals surface area contributed by atoms with Gasteiger partial charge < -0.3 is 20.1 Å². The predicted octanol–water partition coefficient (Wildman–Crippen LogP) is 1.94. The Morgan fingerprint density at radius 1 is 1.08 bits per heavy atom. The molecule has 2 amide bonds. The zero-order valence-electron chi connectivity index (χ0n) is 14.5. The molecular weight excluding hydrogens is 324 g/mol. The summed E-state index contributed by atoms with van der Waals surface area (Å²) in [6.45, 7) is 3.46. The average molecular weight is 344 g/mol. The van der Waals surface area contributed by atoms with Crippen LogP contribution in [0.25, 0.3) is 0 Å². The van der Waals surface area contributed by atoms with Gasteiger partial charge in [-0.25, -0.2) is 9.97 Å². The van der Waals surface area contributed by atoms with Gasteiger partial charge in [0.2, 0.25) is 5.91 Å². The zero-order valence-corrected chi connectivity index (χ0v) is 14.5. The number of nitrogens with zero attached hydrogens (tertiary/aromatic N) is 2. The van der Waals surface area contributed by atoms with Crippen LogP contribution < -0.4 is 15.4 Å². The van der Waals surface area contributed by atoms with Gasteiger partial charge in [0.25, 0.3) is 5.91 Å². The number of ether oxygens (including phenoxy) is 2. The number of aryl methyl sites for hydroxylation is 2. The summed E-state index contributed by atoms with van der Waals surface area (Å²) in [6, 6.07) is 6.52. The molecule has 0 saturated heterocycles. The fourth-order valence-electron chi connectivity index (χ4n) is 2.22. The Morgan fingerprint density at radius 2 is 1.84 bits per heavy atom. The van der Waals surface area contributed by atoms with Crippen molar-refractivity contribution < 1.29 is 19.1 Å². The number of hydrogen-bond acceptors (Lipinski definition) is 6. The Kier molecular flexibility index (Phi) is 6.02. The molecule has 2 aromatic rings. The summed E-state index contributed by atoms with van der Waals surface area (Å²) in [4.78, 5) is 32.2. The molecule has 0 aliphatic heterocycles. The molecule has 1 heterocycles. The minimum absolute atomic E-state index is 0.0615. The molecule has 1 aromatic carbocycles. The van der Waals surface area contributed by atoms with Crippen molar-refractivity contribution in [3.63, 3.8) is 0 Å². The van der Waals surface area contributed by atoms with Crippen molar-refractivity contribution in [1.29, 1.82) is 0 Å². The van der Waals surface area contributed by atoms with Crippen LogP contribution >= 0.6 is 0 Å². The smallest absolute Gasteiger partial charge is 0.274 e. The van der Waals surface area contributed by atoms with Gasteiger partial charge in [0, 0.05) is 24.6 Å². The zero-order chi connectivity index (χ0) is 18.4. The van der Waals surface area contributed by atoms with Crippen LogP contribution in [-0.2, 0) is 9.53 Å². The minimum Gasteiger partial charge on any atom is -0.494 e. The third-order valence-corrected chi connectivity index (χ3v) is 3.21. The highest BCUT2D eigenvalue weighted by molar-refractivity contribution is 6.03. The third kappa shape index (κ3) is 4.98. The average Bonchev–Trinajstić information content (AvgIpc) is 2.55. The van der Waals surface area contributed by atoms with Crippen molar-refractivity contribution in [2.75, 3.05) is 31.5 Å². The van der Waals surface area contributed by atoms with E-state index in [0.29, 0.717) is 28.6 Å². The van der Waals surface area contributed by atoms with Crippen molar-refractivity contribution in [3.05, 3.63) is 41.5 Å². The van der Waals surface area contributed by atoms with E-state index in [-0.39, 0.29) is 24.1 Å². The maximum atomic E-state index is 12.3. The molecule has 0 aliphatic carbocycles. The number of amides is 2. The van der Waals surface area contributed by atoms with Gasteiger partial charge in [-0.15, -0.1) is 0 Å². The Hall–Kier alpha value is -3.00. The fourth-order valence-corrected chi connectivity index (χ4v) is 2.22. The molecule has 0 spiro atoms. The first kappa shape index (κ1) is 18.3. The van der Waals surface area contributed by atoms with Gasteiger partial charge in [0.15, 0.2) is 0 Å². The first-order valence-corrected chi connectivity index (χ1v) is 7.53. The Balaban J connectivity index is 2.17. The molecule has 0 radical (unpaired) electrons. The second kappa shape index (κ2) is 8.20. The van der Waals surface area contributed by atoms with E-state index < -0.39 is 0 Å². The van der Waals surface area contributed by atoms with Crippen LogP contribution in [0.1, 0.15) is 22.0 Å². The molecule has 0 atom stereocenters. The predicted molar refractivity (Wildman–Crippen MR) is 93.0 cm³/mol. The molecule has 0 saturated carbocycles. The van der Waals surface area contributed by atoms with Gasteiger partial charge >= 0.3 is 0 Å². The fraction of sp³-hybridized carbons (Fsp3) is 0.294. The summed E-state index contributed by atoms with van der Waals surface area (Å²) < 4.78 is 10.0. The topological polar surface area (TPSA) is 102 Å². The van der Waals surface area contributed by atoms with Crippen molar-refractivity contribution in [2.24, 2.45) is 0 Å². The highest BCUT2D eigenvalue weighted by atomic mass is 16.5. The molecule has 25 heavy (non-hydrogen) atoms. The summed E-state index contributed by atoms with van der Waals surface area (Å²) in [6.07, 6.45) is 0. The van der Waals surface area contributed by atoms with Crippen LogP contribution in [-0.4, -0.2) is 42.6 Å². The molecule has 0 fully saturated rings. The first-order valence-electron chi connectivity index (χ1n) is 7.53. The Bertz CT molecular complexity index is 772. The summed E-state index contributed by atoms with van der Waals surface area (Å²) >= 11 is 0. The SMILES string of the molecule is COCC(=O)Nc1ccc(NC(=O)c2cc(C)nc(C)n2)cc1OC. The maximum Gasteiger partial charge on any atom is 0.274 e. The second-order valence-corrected chi connectivity index (χ2v) is 5.29. The number of aromatic nitrogens is 2. The minimum atomic E-state index is -0.355. The van der Waals surface area contributed by atoms with E-state index in [9.17, 15) is 9.59 Å². The molecule has 132 valence electrons. The summed E-state index contributed by atoms with van der Waals surface area (Å²) in [5.74, 6) is 0.285. The molecule has 0 unspecified atom stereocenters. The van der Waals surface area contributed by atoms with E-state index in [1.54, 1.807) is 38.1 Å². The first-order chi connectivity index (χ1) is 11.9. The summed E-state index contributed by atoms with van der Waals surface area (Å²) in [5, 5.41) is 5.41. The van der Waals surface area contributed by atoms with Crippen LogP contribution in [0, 0.1) is 13.8 Å². The quantitative estimate of drug-likeness (QED) is 0.830. The molecule has 2 rings (SSSR count). The van der Waals surface area contributed by atoms with E-state index in [1.807, 2.05) is 0 Å². The van der Waals surface area contributed by atoms with Crippen LogP contribution in [0.2, 0.25) is 0 Å². The number of anilines is 2. The number of benzene rings is 1. The molecule has 8 heteroatoms. The lowest BCUT2D eigenvalue weighted by Crippen LogP contribution is -2.18. The van der Waals surface area contributed by atoms with Gasteiger partial charge in [0.05, 0.1) is 12.8 Å². The standard InChI is InChI=1S/C17H20N4O4/c1-10-7-14(19-11(2)18-10)17(23)20-12-5-6-13(15(8-12)25-4)21-16(22)9-24-3/h5-8H,9H2,1-4H3,(H,20,23)(H,21,22). The second-order valence-electron chi connectivity index (χ2n) is 5.29. The number of carbonyl (C=O) groups is 2. The lowest BCUT2D eigenvalue weighted by Gasteiger charge is -2.12. The van der Waals surface area contributed by atoms with Crippen molar-refractivity contribution in [2.45, 2.75) is 13.8 Å².